The Morgan fingerprint density at radius 2 is 1.75 bits per heavy atom. The van der Waals surface area contributed by atoms with Crippen LogP contribution in [-0.4, -0.2) is 38.8 Å². The summed E-state index contributed by atoms with van der Waals surface area (Å²) in [6.45, 7) is 0.591. The van der Waals surface area contributed by atoms with Crippen LogP contribution in [0.3, 0.4) is 0 Å². The number of hydrogen-bond donors (Lipinski definition) is 4. The number of carbonyl (C=O) groups is 1. The second-order valence-corrected chi connectivity index (χ2v) is 9.59. The van der Waals surface area contributed by atoms with E-state index in [2.05, 4.69) is 10.0 Å². The van der Waals surface area contributed by atoms with E-state index < -0.39 is 27.7 Å². The van der Waals surface area contributed by atoms with Crippen LogP contribution in [0.1, 0.15) is 22.3 Å². The number of hydrogen-bond acceptors (Lipinski definition) is 6. The van der Waals surface area contributed by atoms with Crippen molar-refractivity contribution >= 4 is 27.3 Å². The fourth-order valence-corrected chi connectivity index (χ4v) is 3.79. The molecule has 8 nitrogen and oxygen atoms in total. The smallest absolute Gasteiger partial charge is 0.416 e. The van der Waals surface area contributed by atoms with E-state index in [1.54, 1.807) is 6.07 Å². The molecule has 3 aromatic carbocycles. The zero-order valence-electron chi connectivity index (χ0n) is 19.1. The van der Waals surface area contributed by atoms with E-state index in [0.29, 0.717) is 24.1 Å². The van der Waals surface area contributed by atoms with Crippen molar-refractivity contribution in [2.75, 3.05) is 29.4 Å². The molecule has 5 N–H and O–H groups in total. The zero-order valence-corrected chi connectivity index (χ0v) is 19.9. The second-order valence-electron chi connectivity index (χ2n) is 7.84. The lowest BCUT2D eigenvalue weighted by atomic mass is 10.0. The number of sulfonamides is 1. The van der Waals surface area contributed by atoms with Gasteiger partial charge in [0.25, 0.3) is 5.91 Å². The van der Waals surface area contributed by atoms with E-state index in [4.69, 9.17) is 10.5 Å². The number of alkyl halides is 3. The maximum absolute atomic E-state index is 12.9. The van der Waals surface area contributed by atoms with Crippen molar-refractivity contribution in [1.29, 1.82) is 0 Å². The summed E-state index contributed by atoms with van der Waals surface area (Å²) < 4.78 is 69.7. The number of phenols is 1. The van der Waals surface area contributed by atoms with E-state index in [1.165, 1.54) is 42.5 Å². The van der Waals surface area contributed by atoms with E-state index in [-0.39, 0.29) is 35.0 Å². The first-order chi connectivity index (χ1) is 16.9. The van der Waals surface area contributed by atoms with Crippen molar-refractivity contribution in [3.8, 4) is 22.6 Å². The van der Waals surface area contributed by atoms with Gasteiger partial charge < -0.3 is 20.9 Å². The molecule has 0 bridgehead atoms. The molecule has 3 rings (SSSR count). The van der Waals surface area contributed by atoms with Crippen LogP contribution in [0.2, 0.25) is 0 Å². The largest absolute Gasteiger partial charge is 0.506 e. The Bertz CT molecular complexity index is 1340. The first-order valence-electron chi connectivity index (χ1n) is 10.6. The molecule has 0 atom stereocenters. The summed E-state index contributed by atoms with van der Waals surface area (Å²) in [5.41, 5.74) is 5.96. The standard InChI is InChI=1S/C24H24F3N3O5S/c1-36(33,34)30-20-14-18(8-10-21(20)31)29-23(32)16-5-9-19(22(13-16)35-12-2-11-28)15-3-6-17(7-4-15)24(25,26)27/h3-10,13-14,30-31H,2,11-12,28H2,1H3,(H,29,32). The Kier molecular flexibility index (Phi) is 8.10. The molecule has 0 spiro atoms. The summed E-state index contributed by atoms with van der Waals surface area (Å²) in [6, 6.07) is 12.9. The highest BCUT2D eigenvalue weighted by Crippen LogP contribution is 2.35. The van der Waals surface area contributed by atoms with Crippen LogP contribution in [0.15, 0.2) is 60.7 Å². The number of carbonyl (C=O) groups excluding carboxylic acids is 1. The molecule has 0 radical (unpaired) electrons. The van der Waals surface area contributed by atoms with E-state index in [9.17, 15) is 31.5 Å². The Labute approximate surface area is 206 Å². The Hall–Kier alpha value is -3.77. The van der Waals surface area contributed by atoms with Crippen LogP contribution < -0.4 is 20.5 Å². The van der Waals surface area contributed by atoms with Crippen molar-refractivity contribution in [1.82, 2.24) is 0 Å². The van der Waals surface area contributed by atoms with Crippen molar-refractivity contribution in [2.24, 2.45) is 5.73 Å². The Morgan fingerprint density at radius 1 is 1.06 bits per heavy atom. The van der Waals surface area contributed by atoms with Crippen LogP contribution in [0.25, 0.3) is 11.1 Å². The van der Waals surface area contributed by atoms with Gasteiger partial charge in [0.2, 0.25) is 10.0 Å². The average Bonchev–Trinajstić information content (AvgIpc) is 2.80. The van der Waals surface area contributed by atoms with E-state index in [1.807, 2.05) is 0 Å². The van der Waals surface area contributed by atoms with Crippen molar-refractivity contribution in [3.63, 3.8) is 0 Å². The van der Waals surface area contributed by atoms with Crippen molar-refractivity contribution < 1.29 is 36.2 Å². The molecule has 0 heterocycles. The number of ether oxygens (including phenoxy) is 1. The van der Waals surface area contributed by atoms with E-state index in [0.717, 1.165) is 18.4 Å². The lowest BCUT2D eigenvalue weighted by molar-refractivity contribution is -0.137. The van der Waals surface area contributed by atoms with Gasteiger partial charge in [-0.3, -0.25) is 9.52 Å². The monoisotopic (exact) mass is 523 g/mol. The number of aromatic hydroxyl groups is 1. The summed E-state index contributed by atoms with van der Waals surface area (Å²) in [5.74, 6) is -0.607. The van der Waals surface area contributed by atoms with Crippen LogP contribution in [0.4, 0.5) is 24.5 Å². The molecule has 0 aromatic heterocycles. The molecule has 0 aliphatic carbocycles. The number of benzene rings is 3. The average molecular weight is 524 g/mol. The first kappa shape index (κ1) is 26.8. The molecular formula is C24H24F3N3O5S. The second kappa shape index (κ2) is 10.9. The molecular weight excluding hydrogens is 499 g/mol. The molecule has 192 valence electrons. The zero-order chi connectivity index (χ0) is 26.5. The molecule has 0 aliphatic heterocycles. The molecule has 36 heavy (non-hydrogen) atoms. The van der Waals surface area contributed by atoms with Gasteiger partial charge >= 0.3 is 6.18 Å². The predicted octanol–water partition coefficient (Wildman–Crippen LogP) is 4.43. The SMILES string of the molecule is CS(=O)(=O)Nc1cc(NC(=O)c2ccc(-c3ccc(C(F)(F)F)cc3)c(OCCCN)c2)ccc1O. The number of halogens is 3. The molecule has 0 aliphatic rings. The number of rotatable bonds is 9. The normalized spacial score (nSPS) is 11.7. The topological polar surface area (TPSA) is 131 Å². The maximum atomic E-state index is 12.9. The minimum absolute atomic E-state index is 0.112. The maximum Gasteiger partial charge on any atom is 0.416 e. The van der Waals surface area contributed by atoms with Crippen LogP contribution in [0.5, 0.6) is 11.5 Å². The molecule has 0 saturated carbocycles. The minimum Gasteiger partial charge on any atom is -0.506 e. The van der Waals surface area contributed by atoms with Crippen molar-refractivity contribution in [3.05, 3.63) is 71.8 Å². The fraction of sp³-hybridized carbons (Fsp3) is 0.208. The third-order valence-corrected chi connectivity index (χ3v) is 5.51. The third-order valence-electron chi connectivity index (χ3n) is 4.92. The number of nitrogens with two attached hydrogens (primary N) is 1. The molecule has 0 saturated heterocycles. The molecule has 3 aromatic rings. The highest BCUT2D eigenvalue weighted by atomic mass is 32.2. The quantitative estimate of drug-likeness (QED) is 0.187. The van der Waals surface area contributed by atoms with Gasteiger partial charge in [-0.15, -0.1) is 0 Å². The van der Waals surface area contributed by atoms with Crippen LogP contribution in [-0.2, 0) is 16.2 Å². The van der Waals surface area contributed by atoms with Crippen LogP contribution >= 0.6 is 0 Å². The minimum atomic E-state index is -4.47. The van der Waals surface area contributed by atoms with Crippen molar-refractivity contribution in [2.45, 2.75) is 12.6 Å². The molecule has 12 heteroatoms. The van der Waals surface area contributed by atoms with Gasteiger partial charge in [-0.2, -0.15) is 13.2 Å². The van der Waals surface area contributed by atoms with Gasteiger partial charge in [0, 0.05) is 16.8 Å². The lowest BCUT2D eigenvalue weighted by Gasteiger charge is -2.15. The van der Waals surface area contributed by atoms with Gasteiger partial charge in [0.1, 0.15) is 11.5 Å². The van der Waals surface area contributed by atoms with Gasteiger partial charge in [-0.05, 0) is 67.1 Å². The summed E-state index contributed by atoms with van der Waals surface area (Å²) in [5, 5.41) is 12.5. The van der Waals surface area contributed by atoms with Gasteiger partial charge in [0.05, 0.1) is 24.1 Å². The van der Waals surface area contributed by atoms with Gasteiger partial charge in [0.15, 0.2) is 0 Å². The Balaban J connectivity index is 1.89. The van der Waals surface area contributed by atoms with Gasteiger partial charge in [-0.25, -0.2) is 8.42 Å². The highest BCUT2D eigenvalue weighted by Gasteiger charge is 2.30. The number of anilines is 2. The summed E-state index contributed by atoms with van der Waals surface area (Å²) >= 11 is 0. The highest BCUT2D eigenvalue weighted by molar-refractivity contribution is 7.92. The number of phenolic OH excluding ortho intramolecular Hbond substituents is 1. The summed E-state index contributed by atoms with van der Waals surface area (Å²) in [4.78, 5) is 12.9. The summed E-state index contributed by atoms with van der Waals surface area (Å²) in [7, 11) is -3.67. The van der Waals surface area contributed by atoms with Crippen LogP contribution in [0, 0.1) is 0 Å². The van der Waals surface area contributed by atoms with E-state index >= 15 is 0 Å². The van der Waals surface area contributed by atoms with Gasteiger partial charge in [-0.1, -0.05) is 12.1 Å². The predicted molar refractivity (Wildman–Crippen MR) is 131 cm³/mol. The Morgan fingerprint density at radius 3 is 2.36 bits per heavy atom. The summed E-state index contributed by atoms with van der Waals surface area (Å²) in [6.07, 6.45) is -3.03. The fourth-order valence-electron chi connectivity index (χ4n) is 3.22. The third kappa shape index (κ3) is 7.12. The molecule has 0 fully saturated rings. The number of amides is 1. The first-order valence-corrected chi connectivity index (χ1v) is 12.5. The molecule has 1 amide bonds. The lowest BCUT2D eigenvalue weighted by Crippen LogP contribution is -2.14. The molecule has 0 unspecified atom stereocenters. The number of nitrogens with one attached hydrogen (secondary N) is 2.